The SMILES string of the molecule is CCCN(CC)CC1(CC)CCCNC1. The van der Waals surface area contributed by atoms with Gasteiger partial charge in [-0.25, -0.2) is 0 Å². The number of hydrogen-bond acceptors (Lipinski definition) is 2. The van der Waals surface area contributed by atoms with Crippen LogP contribution in [0.25, 0.3) is 0 Å². The van der Waals surface area contributed by atoms with Gasteiger partial charge in [-0.05, 0) is 50.7 Å². The maximum absolute atomic E-state index is 3.57. The van der Waals surface area contributed by atoms with Gasteiger partial charge in [0.15, 0.2) is 0 Å². The van der Waals surface area contributed by atoms with Crippen molar-refractivity contribution in [3.8, 4) is 0 Å². The molecule has 1 unspecified atom stereocenters. The lowest BCUT2D eigenvalue weighted by Gasteiger charge is -2.40. The maximum Gasteiger partial charge on any atom is 0.00499 e. The summed E-state index contributed by atoms with van der Waals surface area (Å²) in [5.41, 5.74) is 0.559. The third kappa shape index (κ3) is 3.76. The Hall–Kier alpha value is -0.0800. The van der Waals surface area contributed by atoms with Crippen molar-refractivity contribution in [1.82, 2.24) is 10.2 Å². The summed E-state index contributed by atoms with van der Waals surface area (Å²) in [5, 5.41) is 3.57. The normalized spacial score (nSPS) is 27.2. The molecule has 0 aromatic heterocycles. The van der Waals surface area contributed by atoms with E-state index in [0.717, 1.165) is 0 Å². The number of hydrogen-bond donors (Lipinski definition) is 1. The van der Waals surface area contributed by atoms with Gasteiger partial charge in [0.05, 0.1) is 0 Å². The van der Waals surface area contributed by atoms with Crippen molar-refractivity contribution in [2.45, 2.75) is 46.5 Å². The van der Waals surface area contributed by atoms with Crippen LogP contribution in [0.15, 0.2) is 0 Å². The molecule has 0 aliphatic carbocycles. The van der Waals surface area contributed by atoms with E-state index in [1.54, 1.807) is 0 Å². The van der Waals surface area contributed by atoms with Crippen LogP contribution >= 0.6 is 0 Å². The quantitative estimate of drug-likeness (QED) is 0.728. The van der Waals surface area contributed by atoms with Crippen LogP contribution < -0.4 is 5.32 Å². The second-order valence-electron chi connectivity index (χ2n) is 5.00. The molecular formula is C13H28N2. The van der Waals surface area contributed by atoms with E-state index < -0.39 is 0 Å². The highest BCUT2D eigenvalue weighted by molar-refractivity contribution is 4.87. The van der Waals surface area contributed by atoms with Gasteiger partial charge in [0.1, 0.15) is 0 Å². The van der Waals surface area contributed by atoms with Crippen molar-refractivity contribution in [3.63, 3.8) is 0 Å². The summed E-state index contributed by atoms with van der Waals surface area (Å²) in [6.07, 6.45) is 5.37. The number of piperidine rings is 1. The Kier molecular flexibility index (Phi) is 5.62. The highest BCUT2D eigenvalue weighted by Gasteiger charge is 2.31. The Balaban J connectivity index is 2.49. The summed E-state index contributed by atoms with van der Waals surface area (Å²) in [5.74, 6) is 0. The fraction of sp³-hybridized carbons (Fsp3) is 1.00. The predicted octanol–water partition coefficient (Wildman–Crippen LogP) is 2.50. The van der Waals surface area contributed by atoms with Gasteiger partial charge in [-0.15, -0.1) is 0 Å². The largest absolute Gasteiger partial charge is 0.316 e. The van der Waals surface area contributed by atoms with Crippen molar-refractivity contribution >= 4 is 0 Å². The third-order valence-corrected chi connectivity index (χ3v) is 3.86. The average Bonchev–Trinajstić information content (AvgIpc) is 2.30. The van der Waals surface area contributed by atoms with Crippen LogP contribution in [0, 0.1) is 5.41 Å². The first kappa shape index (κ1) is 13.0. The molecule has 2 nitrogen and oxygen atoms in total. The molecule has 0 aromatic rings. The van der Waals surface area contributed by atoms with E-state index in [4.69, 9.17) is 0 Å². The molecule has 15 heavy (non-hydrogen) atoms. The Morgan fingerprint density at radius 3 is 2.53 bits per heavy atom. The van der Waals surface area contributed by atoms with E-state index in [0.29, 0.717) is 5.41 Å². The topological polar surface area (TPSA) is 15.3 Å². The van der Waals surface area contributed by atoms with E-state index >= 15 is 0 Å². The molecule has 0 aromatic carbocycles. The molecule has 1 atom stereocenters. The standard InChI is InChI=1S/C13H28N2/c1-4-10-15(6-3)12-13(5-2)8-7-9-14-11-13/h14H,4-12H2,1-3H3. The molecule has 1 aliphatic rings. The van der Waals surface area contributed by atoms with Crippen LogP contribution in [0.5, 0.6) is 0 Å². The van der Waals surface area contributed by atoms with Crippen LogP contribution in [0.4, 0.5) is 0 Å². The first-order valence-corrected chi connectivity index (χ1v) is 6.69. The van der Waals surface area contributed by atoms with E-state index in [9.17, 15) is 0 Å². The average molecular weight is 212 g/mol. The summed E-state index contributed by atoms with van der Waals surface area (Å²) in [6, 6.07) is 0. The van der Waals surface area contributed by atoms with Gasteiger partial charge in [-0.1, -0.05) is 20.8 Å². The van der Waals surface area contributed by atoms with Crippen molar-refractivity contribution < 1.29 is 0 Å². The zero-order valence-electron chi connectivity index (χ0n) is 10.8. The summed E-state index contributed by atoms with van der Waals surface area (Å²) in [6.45, 7) is 13.1. The van der Waals surface area contributed by atoms with Crippen LogP contribution in [-0.2, 0) is 0 Å². The zero-order valence-corrected chi connectivity index (χ0v) is 10.8. The summed E-state index contributed by atoms with van der Waals surface area (Å²) in [7, 11) is 0. The number of rotatable bonds is 6. The molecule has 0 saturated carbocycles. The Morgan fingerprint density at radius 2 is 2.07 bits per heavy atom. The molecule has 1 heterocycles. The van der Waals surface area contributed by atoms with Crippen LogP contribution in [0.3, 0.4) is 0 Å². The van der Waals surface area contributed by atoms with Gasteiger partial charge in [0, 0.05) is 13.1 Å². The smallest absolute Gasteiger partial charge is 0.00499 e. The van der Waals surface area contributed by atoms with E-state index in [1.807, 2.05) is 0 Å². The number of nitrogens with zero attached hydrogens (tertiary/aromatic N) is 1. The van der Waals surface area contributed by atoms with Gasteiger partial charge in [-0.2, -0.15) is 0 Å². The van der Waals surface area contributed by atoms with Crippen molar-refractivity contribution in [2.75, 3.05) is 32.7 Å². The lowest BCUT2D eigenvalue weighted by Crippen LogP contribution is -2.47. The number of nitrogens with one attached hydrogen (secondary N) is 1. The molecule has 0 radical (unpaired) electrons. The van der Waals surface area contributed by atoms with Crippen molar-refractivity contribution in [3.05, 3.63) is 0 Å². The predicted molar refractivity (Wildman–Crippen MR) is 67.2 cm³/mol. The molecular weight excluding hydrogens is 184 g/mol. The summed E-state index contributed by atoms with van der Waals surface area (Å²) >= 11 is 0. The Labute approximate surface area is 95.4 Å². The summed E-state index contributed by atoms with van der Waals surface area (Å²) in [4.78, 5) is 2.62. The van der Waals surface area contributed by atoms with Crippen LogP contribution in [-0.4, -0.2) is 37.6 Å². The molecule has 0 bridgehead atoms. The van der Waals surface area contributed by atoms with Crippen molar-refractivity contribution in [2.24, 2.45) is 5.41 Å². The molecule has 1 aliphatic heterocycles. The van der Waals surface area contributed by atoms with Gasteiger partial charge in [-0.3, -0.25) is 0 Å². The molecule has 1 fully saturated rings. The first-order valence-electron chi connectivity index (χ1n) is 6.69. The minimum absolute atomic E-state index is 0.559. The van der Waals surface area contributed by atoms with E-state index in [2.05, 4.69) is 31.0 Å². The molecule has 0 amide bonds. The highest BCUT2D eigenvalue weighted by atomic mass is 15.1. The molecule has 90 valence electrons. The molecule has 1 saturated heterocycles. The Bertz CT molecular complexity index is 162. The second-order valence-corrected chi connectivity index (χ2v) is 5.00. The minimum atomic E-state index is 0.559. The fourth-order valence-corrected chi connectivity index (χ4v) is 2.72. The van der Waals surface area contributed by atoms with Gasteiger partial charge in [0.2, 0.25) is 0 Å². The van der Waals surface area contributed by atoms with Crippen molar-refractivity contribution in [1.29, 1.82) is 0 Å². The van der Waals surface area contributed by atoms with Crippen LogP contribution in [0.1, 0.15) is 46.5 Å². The monoisotopic (exact) mass is 212 g/mol. The van der Waals surface area contributed by atoms with E-state index in [1.165, 1.54) is 58.4 Å². The lowest BCUT2D eigenvalue weighted by atomic mass is 9.78. The molecule has 2 heteroatoms. The molecule has 1 rings (SSSR count). The van der Waals surface area contributed by atoms with Gasteiger partial charge >= 0.3 is 0 Å². The van der Waals surface area contributed by atoms with Gasteiger partial charge in [0.25, 0.3) is 0 Å². The minimum Gasteiger partial charge on any atom is -0.316 e. The highest BCUT2D eigenvalue weighted by Crippen LogP contribution is 2.30. The Morgan fingerprint density at radius 1 is 1.27 bits per heavy atom. The van der Waals surface area contributed by atoms with E-state index in [-0.39, 0.29) is 0 Å². The second kappa shape index (κ2) is 6.49. The van der Waals surface area contributed by atoms with Gasteiger partial charge < -0.3 is 10.2 Å². The third-order valence-electron chi connectivity index (χ3n) is 3.86. The first-order chi connectivity index (χ1) is 7.26. The molecule has 0 spiro atoms. The summed E-state index contributed by atoms with van der Waals surface area (Å²) < 4.78 is 0. The van der Waals surface area contributed by atoms with Crippen LogP contribution in [0.2, 0.25) is 0 Å². The molecule has 1 N–H and O–H groups in total. The lowest BCUT2D eigenvalue weighted by molar-refractivity contribution is 0.115. The maximum atomic E-state index is 3.57. The fourth-order valence-electron chi connectivity index (χ4n) is 2.72. The zero-order chi connectivity index (χ0) is 11.1.